The van der Waals surface area contributed by atoms with Gasteiger partial charge in [-0.3, -0.25) is 9.59 Å². The highest BCUT2D eigenvalue weighted by Gasteiger charge is 2.15. The lowest BCUT2D eigenvalue weighted by Gasteiger charge is -2.05. The average molecular weight is 252 g/mol. The third-order valence-electron chi connectivity index (χ3n) is 2.73. The zero-order chi connectivity index (χ0) is 13.8. The molecule has 0 radical (unpaired) electrons. The van der Waals surface area contributed by atoms with Crippen molar-refractivity contribution in [2.45, 2.75) is 38.5 Å². The van der Waals surface area contributed by atoms with E-state index in [0.29, 0.717) is 6.42 Å². The second-order valence-electron chi connectivity index (χ2n) is 4.03. The molecular weight excluding hydrogens is 228 g/mol. The van der Waals surface area contributed by atoms with Crippen LogP contribution in [0, 0.1) is 0 Å². The lowest BCUT2D eigenvalue weighted by Crippen LogP contribution is -2.21. The van der Waals surface area contributed by atoms with Crippen molar-refractivity contribution in [1.29, 1.82) is 0 Å². The Balaban J connectivity index is 0.000000283. The smallest absolute Gasteiger partial charge is 0.226 e. The van der Waals surface area contributed by atoms with E-state index in [0.717, 1.165) is 38.8 Å². The van der Waals surface area contributed by atoms with Gasteiger partial charge in [0, 0.05) is 25.9 Å². The Morgan fingerprint density at radius 2 is 1.78 bits per heavy atom. The van der Waals surface area contributed by atoms with Crippen LogP contribution in [0.15, 0.2) is 25.9 Å². The zero-order valence-electron chi connectivity index (χ0n) is 11.1. The number of nitrogens with zero attached hydrogens (tertiary/aromatic N) is 1. The molecule has 0 aromatic carbocycles. The number of rotatable bonds is 1. The van der Waals surface area contributed by atoms with Crippen LogP contribution in [-0.2, 0) is 9.59 Å². The molecule has 0 aliphatic carbocycles. The van der Waals surface area contributed by atoms with Crippen LogP contribution in [0.2, 0.25) is 0 Å². The maximum absolute atomic E-state index is 10.7. The second kappa shape index (κ2) is 10.6. The van der Waals surface area contributed by atoms with Gasteiger partial charge in [-0.25, -0.2) is 0 Å². The fourth-order valence-electron chi connectivity index (χ4n) is 1.77. The third-order valence-corrected chi connectivity index (χ3v) is 2.73. The van der Waals surface area contributed by atoms with Crippen LogP contribution in [0.5, 0.6) is 0 Å². The molecule has 0 bridgehead atoms. The van der Waals surface area contributed by atoms with Crippen LogP contribution < -0.4 is 5.32 Å². The summed E-state index contributed by atoms with van der Waals surface area (Å²) >= 11 is 0. The SMILES string of the molecule is C=C.C=CN1CCCC1=O.O=C1CCCCCN1. The predicted octanol–water partition coefficient (Wildman–Crippen LogP) is 2.23. The summed E-state index contributed by atoms with van der Waals surface area (Å²) in [4.78, 5) is 22.9. The van der Waals surface area contributed by atoms with Gasteiger partial charge in [0.25, 0.3) is 0 Å². The van der Waals surface area contributed by atoms with Crippen molar-refractivity contribution in [3.05, 3.63) is 25.9 Å². The number of likely N-dealkylation sites (tertiary alicyclic amines) is 1. The van der Waals surface area contributed by atoms with Crippen LogP contribution in [0.4, 0.5) is 0 Å². The maximum atomic E-state index is 10.7. The normalized spacial score (nSPS) is 18.6. The number of carbonyl (C=O) groups excluding carboxylic acids is 2. The minimum atomic E-state index is 0.208. The molecule has 1 N–H and O–H groups in total. The number of nitrogens with one attached hydrogen (secondary N) is 1. The second-order valence-corrected chi connectivity index (χ2v) is 4.03. The molecule has 4 nitrogen and oxygen atoms in total. The van der Waals surface area contributed by atoms with E-state index in [1.54, 1.807) is 11.1 Å². The van der Waals surface area contributed by atoms with Crippen LogP contribution in [-0.4, -0.2) is 29.8 Å². The molecule has 4 heteroatoms. The van der Waals surface area contributed by atoms with E-state index in [4.69, 9.17) is 0 Å². The Kier molecular flexibility index (Phi) is 9.64. The molecule has 2 fully saturated rings. The van der Waals surface area contributed by atoms with E-state index >= 15 is 0 Å². The molecule has 2 saturated heterocycles. The predicted molar refractivity (Wildman–Crippen MR) is 73.9 cm³/mol. The Hall–Kier alpha value is -1.58. The first-order chi connectivity index (χ1) is 8.74. The van der Waals surface area contributed by atoms with Gasteiger partial charge in [-0.2, -0.15) is 0 Å². The molecule has 0 spiro atoms. The summed E-state index contributed by atoms with van der Waals surface area (Å²) in [6.45, 7) is 11.2. The van der Waals surface area contributed by atoms with Crippen molar-refractivity contribution in [1.82, 2.24) is 10.2 Å². The van der Waals surface area contributed by atoms with E-state index in [9.17, 15) is 9.59 Å². The highest BCUT2D eigenvalue weighted by molar-refractivity contribution is 5.78. The van der Waals surface area contributed by atoms with Gasteiger partial charge < -0.3 is 10.2 Å². The van der Waals surface area contributed by atoms with E-state index in [1.165, 1.54) is 6.42 Å². The standard InChI is InChI=1S/C6H9NO.C6H11NO.C2H4/c1-2-7-5-3-4-6(7)8;8-6-4-2-1-3-5-7-6;1-2/h2H,1,3-5H2;1-5H2,(H,7,8);1-2H2. The summed E-state index contributed by atoms with van der Waals surface area (Å²) in [5, 5.41) is 2.81. The van der Waals surface area contributed by atoms with Gasteiger partial charge in [0.05, 0.1) is 0 Å². The highest BCUT2D eigenvalue weighted by Crippen LogP contribution is 2.08. The first kappa shape index (κ1) is 16.4. The average Bonchev–Trinajstić information content (AvgIpc) is 2.67. The van der Waals surface area contributed by atoms with Gasteiger partial charge in [0.1, 0.15) is 0 Å². The van der Waals surface area contributed by atoms with Gasteiger partial charge >= 0.3 is 0 Å². The largest absolute Gasteiger partial charge is 0.356 e. The molecule has 0 atom stereocenters. The first-order valence-corrected chi connectivity index (χ1v) is 6.43. The van der Waals surface area contributed by atoms with Crippen molar-refractivity contribution >= 4 is 11.8 Å². The van der Waals surface area contributed by atoms with Crippen molar-refractivity contribution in [3.8, 4) is 0 Å². The quantitative estimate of drug-likeness (QED) is 0.728. The van der Waals surface area contributed by atoms with Gasteiger partial charge in [-0.05, 0) is 25.5 Å². The summed E-state index contributed by atoms with van der Waals surface area (Å²) in [6.07, 6.45) is 7.46. The number of hydrogen-bond donors (Lipinski definition) is 1. The van der Waals surface area contributed by atoms with Crippen LogP contribution >= 0.6 is 0 Å². The Morgan fingerprint density at radius 3 is 2.28 bits per heavy atom. The zero-order valence-corrected chi connectivity index (χ0v) is 11.1. The van der Waals surface area contributed by atoms with Crippen LogP contribution in [0.25, 0.3) is 0 Å². The van der Waals surface area contributed by atoms with E-state index < -0.39 is 0 Å². The molecule has 0 unspecified atom stereocenters. The molecule has 2 aliphatic rings. The van der Waals surface area contributed by atoms with Crippen molar-refractivity contribution in [2.75, 3.05) is 13.1 Å². The highest BCUT2D eigenvalue weighted by atomic mass is 16.2. The molecule has 0 saturated carbocycles. The molecular formula is C14H24N2O2. The van der Waals surface area contributed by atoms with Crippen LogP contribution in [0.3, 0.4) is 0 Å². The van der Waals surface area contributed by atoms with Crippen molar-refractivity contribution in [3.63, 3.8) is 0 Å². The first-order valence-electron chi connectivity index (χ1n) is 6.43. The van der Waals surface area contributed by atoms with Crippen molar-refractivity contribution < 1.29 is 9.59 Å². The molecule has 2 heterocycles. The summed E-state index contributed by atoms with van der Waals surface area (Å²) in [5.41, 5.74) is 0. The molecule has 102 valence electrons. The van der Waals surface area contributed by atoms with Crippen molar-refractivity contribution in [2.24, 2.45) is 0 Å². The Labute approximate surface area is 110 Å². The summed E-state index contributed by atoms with van der Waals surface area (Å²) in [7, 11) is 0. The molecule has 18 heavy (non-hydrogen) atoms. The van der Waals surface area contributed by atoms with E-state index in [1.807, 2.05) is 0 Å². The fourth-order valence-corrected chi connectivity index (χ4v) is 1.77. The van der Waals surface area contributed by atoms with Gasteiger partial charge in [-0.1, -0.05) is 13.0 Å². The fraction of sp³-hybridized carbons (Fsp3) is 0.571. The topological polar surface area (TPSA) is 49.4 Å². The lowest BCUT2D eigenvalue weighted by molar-refractivity contribution is -0.125. The maximum Gasteiger partial charge on any atom is 0.226 e. The minimum Gasteiger partial charge on any atom is -0.356 e. The summed E-state index contributed by atoms with van der Waals surface area (Å²) < 4.78 is 0. The minimum absolute atomic E-state index is 0.208. The number of hydrogen-bond acceptors (Lipinski definition) is 2. The summed E-state index contributed by atoms with van der Waals surface area (Å²) in [6, 6.07) is 0. The molecule has 2 rings (SSSR count). The van der Waals surface area contributed by atoms with Crippen LogP contribution in [0.1, 0.15) is 38.5 Å². The molecule has 2 aliphatic heterocycles. The number of carbonyl (C=O) groups is 2. The Bertz CT molecular complexity index is 267. The van der Waals surface area contributed by atoms with Gasteiger partial charge in [-0.15, -0.1) is 13.2 Å². The Morgan fingerprint density at radius 1 is 1.06 bits per heavy atom. The molecule has 2 amide bonds. The molecule has 0 aromatic rings. The number of amides is 2. The van der Waals surface area contributed by atoms with E-state index in [2.05, 4.69) is 25.1 Å². The molecule has 0 aromatic heterocycles. The monoisotopic (exact) mass is 252 g/mol. The summed E-state index contributed by atoms with van der Waals surface area (Å²) in [5.74, 6) is 0.433. The van der Waals surface area contributed by atoms with Gasteiger partial charge in [0.2, 0.25) is 11.8 Å². The van der Waals surface area contributed by atoms with E-state index in [-0.39, 0.29) is 11.8 Å². The van der Waals surface area contributed by atoms with Gasteiger partial charge in [0.15, 0.2) is 0 Å². The lowest BCUT2D eigenvalue weighted by atomic mass is 10.2. The third kappa shape index (κ3) is 6.89.